The van der Waals surface area contributed by atoms with Crippen LogP contribution >= 0.6 is 11.8 Å². The van der Waals surface area contributed by atoms with E-state index in [-0.39, 0.29) is 41.5 Å². The zero-order chi connectivity index (χ0) is 28.7. The maximum Gasteiger partial charge on any atom is 0.365 e. The molecule has 0 aromatic heterocycles. The molecule has 1 aromatic carbocycles. The van der Waals surface area contributed by atoms with Crippen molar-refractivity contribution < 1.29 is 38.4 Å². The molecule has 0 saturated carbocycles. The number of fused-ring (bicyclic) bond motifs is 1. The Kier molecular flexibility index (Phi) is 10.6. The molecule has 1 aliphatic heterocycles. The summed E-state index contributed by atoms with van der Waals surface area (Å²) in [7, 11) is -2.05. The number of hydrogen-bond acceptors (Lipinski definition) is 10. The van der Waals surface area contributed by atoms with Gasteiger partial charge in [-0.15, -0.1) is 0 Å². The van der Waals surface area contributed by atoms with Crippen LogP contribution < -0.4 is 10.5 Å². The van der Waals surface area contributed by atoms with E-state index in [4.69, 9.17) is 19.8 Å². The lowest BCUT2D eigenvalue weighted by atomic mass is 9.75. The van der Waals surface area contributed by atoms with Crippen LogP contribution in [0.2, 0.25) is 18.1 Å². The predicted molar refractivity (Wildman–Crippen MR) is 147 cm³/mol. The van der Waals surface area contributed by atoms with E-state index in [1.807, 2.05) is 6.26 Å². The molecule has 38 heavy (non-hydrogen) atoms. The van der Waals surface area contributed by atoms with E-state index in [2.05, 4.69) is 62.4 Å². The number of rotatable bonds is 6. The van der Waals surface area contributed by atoms with E-state index in [1.165, 1.54) is 17.8 Å². The van der Waals surface area contributed by atoms with Gasteiger partial charge in [0.1, 0.15) is 18.1 Å². The Labute approximate surface area is 229 Å². The lowest BCUT2D eigenvalue weighted by molar-refractivity contribution is -0.259. The van der Waals surface area contributed by atoms with Gasteiger partial charge in [0.15, 0.2) is 14.1 Å². The number of aliphatic hydroxyl groups excluding tert-OH is 1. The van der Waals surface area contributed by atoms with Gasteiger partial charge < -0.3 is 20.0 Å². The third kappa shape index (κ3) is 7.40. The smallest absolute Gasteiger partial charge is 0.365 e. The van der Waals surface area contributed by atoms with Crippen LogP contribution in [0.15, 0.2) is 12.1 Å². The summed E-state index contributed by atoms with van der Waals surface area (Å²) in [4.78, 5) is 46.9. The Balaban J connectivity index is 2.65. The highest BCUT2D eigenvalue weighted by atomic mass is 32.2. The van der Waals surface area contributed by atoms with Crippen LogP contribution in [-0.2, 0) is 28.6 Å². The molecule has 0 aliphatic carbocycles. The third-order valence-corrected chi connectivity index (χ3v) is 11.7. The zero-order valence-electron chi connectivity index (χ0n) is 22.9. The zero-order valence-corrected chi connectivity index (χ0v) is 24.7. The molecule has 0 saturated heterocycles. The molecule has 2 unspecified atom stereocenters. The van der Waals surface area contributed by atoms with Gasteiger partial charge in [0.25, 0.3) is 0 Å². The van der Waals surface area contributed by atoms with Crippen LogP contribution in [0.25, 0.3) is 0 Å². The van der Waals surface area contributed by atoms with Crippen molar-refractivity contribution in [1.29, 1.82) is 0 Å². The van der Waals surface area contributed by atoms with E-state index >= 15 is 0 Å². The van der Waals surface area contributed by atoms with Crippen molar-refractivity contribution in [3.8, 4) is 29.4 Å². The first-order valence-corrected chi connectivity index (χ1v) is 16.3. The maximum atomic E-state index is 13.2. The van der Waals surface area contributed by atoms with Gasteiger partial charge in [-0.25, -0.2) is 24.2 Å². The Bertz CT molecular complexity index is 1200. The highest BCUT2D eigenvalue weighted by Gasteiger charge is 2.54. The second-order valence-electron chi connectivity index (χ2n) is 10.3. The Morgan fingerprint density at radius 3 is 2.47 bits per heavy atom. The third-order valence-electron chi connectivity index (χ3n) is 6.56. The normalized spacial score (nSPS) is 18.7. The molecule has 1 aliphatic rings. The highest BCUT2D eigenvalue weighted by molar-refractivity contribution is 7.98. The van der Waals surface area contributed by atoms with Crippen molar-refractivity contribution in [3.05, 3.63) is 28.8 Å². The van der Waals surface area contributed by atoms with Crippen LogP contribution in [0, 0.1) is 23.7 Å². The monoisotopic (exact) mass is 561 g/mol. The van der Waals surface area contributed by atoms with E-state index in [9.17, 15) is 19.5 Å². The highest BCUT2D eigenvalue weighted by Crippen LogP contribution is 2.44. The molecule has 1 heterocycles. The van der Waals surface area contributed by atoms with Gasteiger partial charge in [-0.2, -0.15) is 11.8 Å². The number of ether oxygens (including phenoxy) is 1. The molecule has 0 fully saturated rings. The van der Waals surface area contributed by atoms with Crippen molar-refractivity contribution in [3.63, 3.8) is 0 Å². The lowest BCUT2D eigenvalue weighted by Gasteiger charge is -2.38. The molecule has 1 aromatic rings. The van der Waals surface area contributed by atoms with Gasteiger partial charge in [-0.3, -0.25) is 0 Å². The fourth-order valence-corrected chi connectivity index (χ4v) is 4.84. The Morgan fingerprint density at radius 1 is 1.21 bits per heavy atom. The van der Waals surface area contributed by atoms with E-state index in [0.717, 1.165) is 6.92 Å². The van der Waals surface area contributed by atoms with Gasteiger partial charge in [-0.05, 0) is 48.7 Å². The van der Waals surface area contributed by atoms with Crippen LogP contribution in [0.5, 0.6) is 5.75 Å². The summed E-state index contributed by atoms with van der Waals surface area (Å²) in [6.07, 6.45) is 1.92. The fourth-order valence-electron chi connectivity index (χ4n) is 3.44. The average molecular weight is 562 g/mol. The quantitative estimate of drug-likeness (QED) is 0.133. The van der Waals surface area contributed by atoms with E-state index in [1.54, 1.807) is 6.07 Å². The average Bonchev–Trinajstić information content (AvgIpc) is 2.83. The second kappa shape index (κ2) is 12.8. The van der Waals surface area contributed by atoms with Crippen molar-refractivity contribution >= 4 is 38.0 Å². The lowest BCUT2D eigenvalue weighted by Crippen LogP contribution is -2.60. The number of thioether (sulfide) groups is 1. The molecule has 2 rings (SSSR count). The SMILES string of the molecule is CSCCC1(N)C(=O)Oc2c(C#CCO[Si](C)(C)C(C)(C)C)cc(C#CCO)cc2C1C(=O)OOC(C)=O. The minimum Gasteiger partial charge on any atom is -0.423 e. The van der Waals surface area contributed by atoms with Crippen molar-refractivity contribution in [2.75, 3.05) is 25.2 Å². The molecule has 206 valence electrons. The number of carbonyl (C=O) groups is 3. The molecule has 9 nitrogen and oxygen atoms in total. The number of esters is 1. The molecule has 0 bridgehead atoms. The summed E-state index contributed by atoms with van der Waals surface area (Å²) in [5.41, 5.74) is 5.61. The van der Waals surface area contributed by atoms with Crippen LogP contribution in [-0.4, -0.2) is 62.1 Å². The Morgan fingerprint density at radius 2 is 1.89 bits per heavy atom. The molecular weight excluding hydrogens is 526 g/mol. The standard InChI is InChI=1S/C27H35NO8SSi/c1-18(30)35-36-24(31)22-21-17-19(10-8-13-29)16-20(11-9-14-33-38(6,7)26(2,3)4)23(21)34-25(32)27(22,28)12-15-37-5/h16-17,22,29H,12-15,28H2,1-7H3. The van der Waals surface area contributed by atoms with Crippen LogP contribution in [0.1, 0.15) is 56.7 Å². The topological polar surface area (TPSA) is 134 Å². The predicted octanol–water partition coefficient (Wildman–Crippen LogP) is 2.88. The first-order chi connectivity index (χ1) is 17.7. The summed E-state index contributed by atoms with van der Waals surface area (Å²) >= 11 is 1.44. The minimum atomic E-state index is -2.05. The second-order valence-corrected chi connectivity index (χ2v) is 16.1. The number of carbonyl (C=O) groups excluding carboxylic acids is 3. The largest absolute Gasteiger partial charge is 0.423 e. The first kappa shape index (κ1) is 31.4. The van der Waals surface area contributed by atoms with Crippen molar-refractivity contribution in [1.82, 2.24) is 0 Å². The molecule has 0 amide bonds. The molecule has 0 spiro atoms. The van der Waals surface area contributed by atoms with Gasteiger partial charge in [0, 0.05) is 18.1 Å². The Hall–Kier alpha value is -2.80. The van der Waals surface area contributed by atoms with E-state index in [0.29, 0.717) is 11.3 Å². The molecular formula is C27H35NO8SSi. The summed E-state index contributed by atoms with van der Waals surface area (Å²) in [6, 6.07) is 3.12. The van der Waals surface area contributed by atoms with E-state index < -0.39 is 37.7 Å². The summed E-state index contributed by atoms with van der Waals surface area (Å²) < 4.78 is 11.8. The molecule has 11 heteroatoms. The minimum absolute atomic E-state index is 0.0000668. The maximum absolute atomic E-state index is 13.2. The van der Waals surface area contributed by atoms with Crippen LogP contribution in [0.4, 0.5) is 0 Å². The summed E-state index contributed by atoms with van der Waals surface area (Å²) in [5, 5.41) is 9.20. The summed E-state index contributed by atoms with van der Waals surface area (Å²) in [6.45, 7) is 11.4. The van der Waals surface area contributed by atoms with Crippen LogP contribution in [0.3, 0.4) is 0 Å². The number of hydrogen-bond donors (Lipinski definition) is 2. The van der Waals surface area contributed by atoms with Crippen molar-refractivity contribution in [2.24, 2.45) is 5.73 Å². The number of nitrogens with two attached hydrogens (primary N) is 1. The van der Waals surface area contributed by atoms with Gasteiger partial charge in [0.05, 0.1) is 12.2 Å². The summed E-state index contributed by atoms with van der Waals surface area (Å²) in [5.74, 6) is 7.70. The first-order valence-electron chi connectivity index (χ1n) is 12.0. The molecule has 3 N–H and O–H groups in total. The fraction of sp³-hybridized carbons (Fsp3) is 0.519. The number of benzene rings is 1. The number of aliphatic hydroxyl groups is 1. The van der Waals surface area contributed by atoms with Gasteiger partial charge in [-0.1, -0.05) is 44.5 Å². The van der Waals surface area contributed by atoms with Gasteiger partial charge >= 0.3 is 17.9 Å². The molecule has 0 radical (unpaired) electrons. The van der Waals surface area contributed by atoms with Gasteiger partial charge in [0.2, 0.25) is 0 Å². The van der Waals surface area contributed by atoms with Crippen molar-refractivity contribution in [2.45, 2.75) is 63.7 Å². The molecule has 2 atom stereocenters.